The molecule has 8 nitrogen and oxygen atoms in total. The van der Waals surface area contributed by atoms with Gasteiger partial charge in [-0.15, -0.1) is 0 Å². The van der Waals surface area contributed by atoms with E-state index in [1.807, 2.05) is 0 Å². The first-order chi connectivity index (χ1) is 13.4. The van der Waals surface area contributed by atoms with Gasteiger partial charge in [-0.25, -0.2) is 4.79 Å². The Hall–Kier alpha value is -3.03. The van der Waals surface area contributed by atoms with Gasteiger partial charge in [0.1, 0.15) is 5.69 Å². The fraction of sp³-hybridized carbons (Fsp3) is 0.450. The summed E-state index contributed by atoms with van der Waals surface area (Å²) in [6.45, 7) is 6.58. The second kappa shape index (κ2) is 8.33. The van der Waals surface area contributed by atoms with Crippen molar-refractivity contribution in [3.8, 4) is 0 Å². The number of likely N-dealkylation sites (tertiary alicyclic amines) is 1. The van der Waals surface area contributed by atoms with Crippen LogP contribution in [0.2, 0.25) is 0 Å². The van der Waals surface area contributed by atoms with E-state index in [1.54, 1.807) is 37.8 Å². The molecule has 1 fully saturated rings. The summed E-state index contributed by atoms with van der Waals surface area (Å²) in [4.78, 5) is 41.8. The smallest absolute Gasteiger partial charge is 0.340 e. The Morgan fingerprint density at radius 3 is 2.61 bits per heavy atom. The highest BCUT2D eigenvalue weighted by Gasteiger charge is 2.28. The fourth-order valence-corrected chi connectivity index (χ4v) is 3.53. The summed E-state index contributed by atoms with van der Waals surface area (Å²) in [6.07, 6.45) is 2.79. The van der Waals surface area contributed by atoms with Crippen LogP contribution in [0.15, 0.2) is 22.8 Å². The van der Waals surface area contributed by atoms with Gasteiger partial charge in [-0.2, -0.15) is 0 Å². The van der Waals surface area contributed by atoms with Gasteiger partial charge in [0, 0.05) is 24.8 Å². The molecule has 0 aliphatic carbocycles. The second-order valence-electron chi connectivity index (χ2n) is 6.86. The molecule has 0 unspecified atom stereocenters. The zero-order chi connectivity index (χ0) is 20.3. The average Bonchev–Trinajstić information content (AvgIpc) is 3.30. The average molecular weight is 387 g/mol. The van der Waals surface area contributed by atoms with Crippen molar-refractivity contribution in [3.63, 3.8) is 0 Å². The fourth-order valence-electron chi connectivity index (χ4n) is 3.53. The molecule has 8 heteroatoms. The predicted octanol–water partition coefficient (Wildman–Crippen LogP) is 2.44. The molecule has 1 aliphatic heterocycles. The summed E-state index contributed by atoms with van der Waals surface area (Å²) in [5.41, 5.74) is 1.97. The van der Waals surface area contributed by atoms with Gasteiger partial charge in [0.25, 0.3) is 11.8 Å². The third-order valence-electron chi connectivity index (χ3n) is 4.99. The lowest BCUT2D eigenvalue weighted by Gasteiger charge is -2.31. The first-order valence-electron chi connectivity index (χ1n) is 9.42. The van der Waals surface area contributed by atoms with Gasteiger partial charge in [-0.1, -0.05) is 0 Å². The van der Waals surface area contributed by atoms with Crippen molar-refractivity contribution in [2.45, 2.75) is 39.7 Å². The highest BCUT2D eigenvalue weighted by Crippen LogP contribution is 2.20. The Bertz CT molecular complexity index is 861. The van der Waals surface area contributed by atoms with Crippen LogP contribution in [0.25, 0.3) is 0 Å². The number of amides is 2. The van der Waals surface area contributed by atoms with Crippen molar-refractivity contribution in [2.24, 2.45) is 0 Å². The number of aromatic nitrogens is 1. The summed E-state index contributed by atoms with van der Waals surface area (Å²) in [7, 11) is 0. The second-order valence-corrected chi connectivity index (χ2v) is 6.86. The van der Waals surface area contributed by atoms with E-state index in [-0.39, 0.29) is 24.5 Å². The monoisotopic (exact) mass is 387 g/mol. The number of aromatic amines is 1. The minimum atomic E-state index is -0.433. The number of nitrogens with zero attached hydrogens (tertiary/aromatic N) is 1. The van der Waals surface area contributed by atoms with Crippen LogP contribution in [0.5, 0.6) is 0 Å². The molecule has 2 aromatic heterocycles. The molecule has 0 bridgehead atoms. The van der Waals surface area contributed by atoms with Crippen molar-refractivity contribution in [2.75, 3.05) is 19.7 Å². The van der Waals surface area contributed by atoms with Crippen molar-refractivity contribution >= 4 is 17.8 Å². The number of ether oxygens (including phenoxy) is 1. The lowest BCUT2D eigenvalue weighted by Crippen LogP contribution is -2.46. The van der Waals surface area contributed by atoms with E-state index in [4.69, 9.17) is 9.15 Å². The Kier molecular flexibility index (Phi) is 5.87. The molecule has 0 spiro atoms. The van der Waals surface area contributed by atoms with E-state index in [0.29, 0.717) is 54.2 Å². The number of nitrogens with one attached hydrogen (secondary N) is 2. The minimum Gasteiger partial charge on any atom is -0.462 e. The maximum Gasteiger partial charge on any atom is 0.340 e. The number of piperidine rings is 1. The summed E-state index contributed by atoms with van der Waals surface area (Å²) in [5, 5.41) is 3.00. The van der Waals surface area contributed by atoms with Crippen molar-refractivity contribution in [1.29, 1.82) is 0 Å². The van der Waals surface area contributed by atoms with Crippen LogP contribution in [-0.4, -0.2) is 53.4 Å². The largest absolute Gasteiger partial charge is 0.462 e. The van der Waals surface area contributed by atoms with E-state index >= 15 is 0 Å². The highest BCUT2D eigenvalue weighted by atomic mass is 16.5. The van der Waals surface area contributed by atoms with Crippen LogP contribution in [0.3, 0.4) is 0 Å². The number of carbonyl (C=O) groups excluding carboxylic acids is 3. The zero-order valence-corrected chi connectivity index (χ0v) is 16.3. The minimum absolute atomic E-state index is 0.0396. The molecular formula is C20H25N3O5. The molecule has 0 saturated carbocycles. The van der Waals surface area contributed by atoms with Gasteiger partial charge in [-0.05, 0) is 51.3 Å². The molecule has 2 N–H and O–H groups in total. The number of rotatable bonds is 5. The van der Waals surface area contributed by atoms with E-state index in [1.165, 1.54) is 6.26 Å². The molecule has 150 valence electrons. The summed E-state index contributed by atoms with van der Waals surface area (Å²) >= 11 is 0. The van der Waals surface area contributed by atoms with Crippen molar-refractivity contribution in [1.82, 2.24) is 15.2 Å². The maximum absolute atomic E-state index is 12.7. The number of hydrogen-bond acceptors (Lipinski definition) is 5. The first kappa shape index (κ1) is 19.7. The van der Waals surface area contributed by atoms with Gasteiger partial charge in [0.05, 0.1) is 18.4 Å². The third-order valence-corrected chi connectivity index (χ3v) is 4.99. The maximum atomic E-state index is 12.7. The van der Waals surface area contributed by atoms with E-state index in [2.05, 4.69) is 10.3 Å². The predicted molar refractivity (Wildman–Crippen MR) is 101 cm³/mol. The van der Waals surface area contributed by atoms with Crippen molar-refractivity contribution in [3.05, 3.63) is 46.7 Å². The SMILES string of the molecule is CCOC(=O)c1c(C)[nH]c(C(=O)NC2CCN(C(=O)c3ccco3)CC2)c1C. The van der Waals surface area contributed by atoms with E-state index in [0.717, 1.165) is 0 Å². The van der Waals surface area contributed by atoms with Crippen LogP contribution >= 0.6 is 0 Å². The van der Waals surface area contributed by atoms with Crippen LogP contribution in [0.4, 0.5) is 0 Å². The number of hydrogen-bond donors (Lipinski definition) is 2. The molecule has 1 saturated heterocycles. The van der Waals surface area contributed by atoms with Crippen molar-refractivity contribution < 1.29 is 23.5 Å². The van der Waals surface area contributed by atoms with E-state index < -0.39 is 5.97 Å². The normalized spacial score (nSPS) is 14.8. The Morgan fingerprint density at radius 2 is 2.00 bits per heavy atom. The Balaban J connectivity index is 1.60. The zero-order valence-electron chi connectivity index (χ0n) is 16.3. The van der Waals surface area contributed by atoms with Gasteiger partial charge in [0.2, 0.25) is 0 Å². The first-order valence-corrected chi connectivity index (χ1v) is 9.42. The number of H-pyrrole nitrogens is 1. The van der Waals surface area contributed by atoms with Gasteiger partial charge in [-0.3, -0.25) is 9.59 Å². The Labute approximate surface area is 163 Å². The molecule has 2 aromatic rings. The topological polar surface area (TPSA) is 105 Å². The quantitative estimate of drug-likeness (QED) is 0.767. The lowest BCUT2D eigenvalue weighted by atomic mass is 10.0. The standard InChI is InChI=1S/C20H25N3O5/c1-4-27-20(26)16-12(2)17(21-13(16)3)18(24)22-14-7-9-23(10-8-14)19(25)15-6-5-11-28-15/h5-6,11,14,21H,4,7-10H2,1-3H3,(H,22,24). The molecule has 0 radical (unpaired) electrons. The van der Waals surface area contributed by atoms with Crippen LogP contribution in [0.1, 0.15) is 62.4 Å². The highest BCUT2D eigenvalue weighted by molar-refractivity contribution is 6.00. The molecule has 28 heavy (non-hydrogen) atoms. The Morgan fingerprint density at radius 1 is 1.29 bits per heavy atom. The summed E-state index contributed by atoms with van der Waals surface area (Å²) < 4.78 is 10.2. The molecule has 3 rings (SSSR count). The van der Waals surface area contributed by atoms with Crippen LogP contribution in [-0.2, 0) is 4.74 Å². The number of carbonyl (C=O) groups is 3. The van der Waals surface area contributed by atoms with Gasteiger partial charge >= 0.3 is 5.97 Å². The lowest BCUT2D eigenvalue weighted by molar-refractivity contribution is 0.0524. The number of furan rings is 1. The molecule has 2 amide bonds. The van der Waals surface area contributed by atoms with Gasteiger partial charge in [0.15, 0.2) is 5.76 Å². The molecule has 1 aliphatic rings. The van der Waals surface area contributed by atoms with E-state index in [9.17, 15) is 14.4 Å². The van der Waals surface area contributed by atoms with Gasteiger partial charge < -0.3 is 24.4 Å². The molecule has 0 aromatic carbocycles. The summed E-state index contributed by atoms with van der Waals surface area (Å²) in [5.74, 6) is -0.499. The summed E-state index contributed by atoms with van der Waals surface area (Å²) in [6, 6.07) is 3.29. The number of aryl methyl sites for hydroxylation is 1. The van der Waals surface area contributed by atoms with Crippen LogP contribution < -0.4 is 5.32 Å². The number of esters is 1. The third kappa shape index (κ3) is 3.95. The molecular weight excluding hydrogens is 362 g/mol. The molecule has 0 atom stereocenters. The molecule has 3 heterocycles. The van der Waals surface area contributed by atoms with Crippen LogP contribution in [0, 0.1) is 13.8 Å².